The Morgan fingerprint density at radius 1 is 1.32 bits per heavy atom. The van der Waals surface area contributed by atoms with E-state index >= 15 is 0 Å². The van der Waals surface area contributed by atoms with Gasteiger partial charge in [0.2, 0.25) is 5.91 Å². The van der Waals surface area contributed by atoms with Crippen LogP contribution in [0.5, 0.6) is 0 Å². The summed E-state index contributed by atoms with van der Waals surface area (Å²) in [5.74, 6) is 0.521. The van der Waals surface area contributed by atoms with Gasteiger partial charge < -0.3 is 4.90 Å². The van der Waals surface area contributed by atoms with Gasteiger partial charge in [0.15, 0.2) is 0 Å². The number of benzene rings is 1. The quantitative estimate of drug-likeness (QED) is 0.481. The third-order valence-electron chi connectivity index (χ3n) is 4.09. The van der Waals surface area contributed by atoms with Gasteiger partial charge in [0.05, 0.1) is 21.7 Å². The van der Waals surface area contributed by atoms with E-state index in [1.165, 1.54) is 16.7 Å². The second kappa shape index (κ2) is 7.35. The highest BCUT2D eigenvalue weighted by atomic mass is 32.2. The fourth-order valence-electron chi connectivity index (χ4n) is 2.82. The number of hydrogen-bond acceptors (Lipinski definition) is 6. The Hall–Kier alpha value is -1.57. The molecule has 25 heavy (non-hydrogen) atoms. The summed E-state index contributed by atoms with van der Waals surface area (Å²) in [6, 6.07) is 10.2. The molecule has 0 radical (unpaired) electrons. The van der Waals surface area contributed by atoms with Gasteiger partial charge in [0, 0.05) is 16.7 Å². The summed E-state index contributed by atoms with van der Waals surface area (Å²) in [6.07, 6.45) is 2.57. The van der Waals surface area contributed by atoms with Gasteiger partial charge in [0.25, 0.3) is 0 Å². The molecular formula is C18H17N3OS3. The third-order valence-corrected chi connectivity index (χ3v) is 7.34. The summed E-state index contributed by atoms with van der Waals surface area (Å²) in [7, 11) is 0. The SMILES string of the molecule is CC1CCN(C(=O)CSc2ncnc3ccsc23)c2ccccc2S1. The zero-order valence-corrected chi connectivity index (χ0v) is 16.2. The predicted octanol–water partition coefficient (Wildman–Crippen LogP) is 4.70. The van der Waals surface area contributed by atoms with Gasteiger partial charge in [-0.3, -0.25) is 4.79 Å². The minimum Gasteiger partial charge on any atom is -0.311 e. The number of hydrogen-bond donors (Lipinski definition) is 0. The monoisotopic (exact) mass is 387 g/mol. The first kappa shape index (κ1) is 16.9. The summed E-state index contributed by atoms with van der Waals surface area (Å²) < 4.78 is 1.06. The van der Waals surface area contributed by atoms with Crippen LogP contribution in [0.3, 0.4) is 0 Å². The number of amides is 1. The van der Waals surface area contributed by atoms with Crippen molar-refractivity contribution in [3.63, 3.8) is 0 Å². The van der Waals surface area contributed by atoms with Crippen molar-refractivity contribution in [3.8, 4) is 0 Å². The number of thiophene rings is 1. The van der Waals surface area contributed by atoms with Crippen LogP contribution in [-0.4, -0.2) is 33.4 Å². The van der Waals surface area contributed by atoms with Gasteiger partial charge in [-0.2, -0.15) is 0 Å². The van der Waals surface area contributed by atoms with Gasteiger partial charge in [-0.25, -0.2) is 9.97 Å². The van der Waals surface area contributed by atoms with E-state index in [-0.39, 0.29) is 5.91 Å². The van der Waals surface area contributed by atoms with Crippen molar-refractivity contribution in [3.05, 3.63) is 42.0 Å². The summed E-state index contributed by atoms with van der Waals surface area (Å²) >= 11 is 4.97. The molecule has 1 atom stereocenters. The normalized spacial score (nSPS) is 17.3. The number of aromatic nitrogens is 2. The first-order valence-electron chi connectivity index (χ1n) is 8.09. The second-order valence-corrected chi connectivity index (χ2v) is 9.19. The fourth-order valence-corrected chi connectivity index (χ4v) is 5.76. The molecule has 1 aromatic carbocycles. The Balaban J connectivity index is 1.54. The molecule has 1 aliphatic heterocycles. The maximum absolute atomic E-state index is 12.9. The molecule has 1 amide bonds. The lowest BCUT2D eigenvalue weighted by Gasteiger charge is -2.22. The highest BCUT2D eigenvalue weighted by Crippen LogP contribution is 2.38. The summed E-state index contributed by atoms with van der Waals surface area (Å²) in [5.41, 5.74) is 1.98. The Morgan fingerprint density at radius 3 is 3.12 bits per heavy atom. The molecule has 1 aliphatic rings. The van der Waals surface area contributed by atoms with Crippen molar-refractivity contribution in [1.29, 1.82) is 0 Å². The van der Waals surface area contributed by atoms with Gasteiger partial charge in [-0.1, -0.05) is 30.8 Å². The lowest BCUT2D eigenvalue weighted by molar-refractivity contribution is -0.116. The molecule has 0 saturated carbocycles. The molecule has 0 aliphatic carbocycles. The van der Waals surface area contributed by atoms with Gasteiger partial charge in [-0.15, -0.1) is 23.1 Å². The third kappa shape index (κ3) is 3.54. The van der Waals surface area contributed by atoms with E-state index in [2.05, 4.69) is 23.0 Å². The number of nitrogens with zero attached hydrogens (tertiary/aromatic N) is 3. The summed E-state index contributed by atoms with van der Waals surface area (Å²) in [6.45, 7) is 2.99. The van der Waals surface area contributed by atoms with Crippen LogP contribution in [0.25, 0.3) is 10.2 Å². The van der Waals surface area contributed by atoms with Crippen molar-refractivity contribution < 1.29 is 4.79 Å². The molecule has 0 saturated heterocycles. The molecule has 7 heteroatoms. The highest BCUT2D eigenvalue weighted by Gasteiger charge is 2.24. The Kier molecular flexibility index (Phi) is 4.96. The number of thioether (sulfide) groups is 2. The molecule has 0 bridgehead atoms. The molecular weight excluding hydrogens is 370 g/mol. The summed E-state index contributed by atoms with van der Waals surface area (Å²) in [5, 5.41) is 3.41. The van der Waals surface area contributed by atoms with Crippen LogP contribution in [0, 0.1) is 0 Å². The van der Waals surface area contributed by atoms with Crippen LogP contribution in [0.2, 0.25) is 0 Å². The van der Waals surface area contributed by atoms with E-state index in [0.29, 0.717) is 11.0 Å². The van der Waals surface area contributed by atoms with E-state index < -0.39 is 0 Å². The largest absolute Gasteiger partial charge is 0.311 e. The lowest BCUT2D eigenvalue weighted by Crippen LogP contribution is -2.33. The molecule has 0 N–H and O–H groups in total. The van der Waals surface area contributed by atoms with Crippen molar-refractivity contribution >= 4 is 56.7 Å². The fraction of sp³-hybridized carbons (Fsp3) is 0.278. The molecule has 3 heterocycles. The molecule has 0 spiro atoms. The number of para-hydroxylation sites is 1. The van der Waals surface area contributed by atoms with Crippen LogP contribution in [-0.2, 0) is 4.79 Å². The first-order valence-corrected chi connectivity index (χ1v) is 10.8. The smallest absolute Gasteiger partial charge is 0.237 e. The number of carbonyl (C=O) groups is 1. The van der Waals surface area contributed by atoms with Crippen molar-refractivity contribution in [2.24, 2.45) is 0 Å². The van der Waals surface area contributed by atoms with Gasteiger partial charge in [0.1, 0.15) is 11.4 Å². The Morgan fingerprint density at radius 2 is 2.20 bits per heavy atom. The molecule has 4 nitrogen and oxygen atoms in total. The average molecular weight is 388 g/mol. The number of carbonyl (C=O) groups excluding carboxylic acids is 1. The zero-order chi connectivity index (χ0) is 17.2. The first-order chi connectivity index (χ1) is 12.2. The average Bonchev–Trinajstić information content (AvgIpc) is 3.03. The Bertz CT molecular complexity index is 911. The van der Waals surface area contributed by atoms with E-state index in [1.54, 1.807) is 17.7 Å². The minimum atomic E-state index is 0.135. The second-order valence-electron chi connectivity index (χ2n) is 5.83. The predicted molar refractivity (Wildman–Crippen MR) is 107 cm³/mol. The van der Waals surface area contributed by atoms with Gasteiger partial charge in [-0.05, 0) is 30.0 Å². The Labute approximate surface area is 159 Å². The maximum Gasteiger partial charge on any atom is 0.237 e. The lowest BCUT2D eigenvalue weighted by atomic mass is 10.2. The van der Waals surface area contributed by atoms with E-state index in [4.69, 9.17) is 0 Å². The number of rotatable bonds is 3. The van der Waals surface area contributed by atoms with Crippen LogP contribution in [0.1, 0.15) is 13.3 Å². The van der Waals surface area contributed by atoms with Crippen molar-refractivity contribution in [2.45, 2.75) is 28.5 Å². The zero-order valence-electron chi connectivity index (χ0n) is 13.7. The minimum absolute atomic E-state index is 0.135. The van der Waals surface area contributed by atoms with Gasteiger partial charge >= 0.3 is 0 Å². The van der Waals surface area contributed by atoms with E-state index in [0.717, 1.165) is 33.9 Å². The molecule has 1 unspecified atom stereocenters. The standard InChI is InChI=1S/C18H17N3OS3/c1-12-6-8-21(14-4-2-3-5-15(14)25-12)16(22)10-24-18-17-13(7-9-23-17)19-11-20-18/h2-5,7,9,11-12H,6,8,10H2,1H3. The number of fused-ring (bicyclic) bond motifs is 2. The molecule has 0 fully saturated rings. The molecule has 4 rings (SSSR count). The number of anilines is 1. The topological polar surface area (TPSA) is 46.1 Å². The van der Waals surface area contributed by atoms with Crippen LogP contribution in [0.15, 0.2) is 52.0 Å². The van der Waals surface area contributed by atoms with E-state index in [9.17, 15) is 4.79 Å². The highest BCUT2D eigenvalue weighted by molar-refractivity contribution is 8.00. The molecule has 2 aromatic heterocycles. The van der Waals surface area contributed by atoms with Crippen LogP contribution in [0.4, 0.5) is 5.69 Å². The van der Waals surface area contributed by atoms with Crippen molar-refractivity contribution in [2.75, 3.05) is 17.2 Å². The van der Waals surface area contributed by atoms with Crippen LogP contribution < -0.4 is 4.90 Å². The van der Waals surface area contributed by atoms with E-state index in [1.807, 2.05) is 46.3 Å². The maximum atomic E-state index is 12.9. The van der Waals surface area contributed by atoms with Crippen molar-refractivity contribution in [1.82, 2.24) is 9.97 Å². The summed E-state index contributed by atoms with van der Waals surface area (Å²) in [4.78, 5) is 24.7. The molecule has 128 valence electrons. The molecule has 3 aromatic rings. The van der Waals surface area contributed by atoms with Crippen LogP contribution >= 0.6 is 34.9 Å².